The summed E-state index contributed by atoms with van der Waals surface area (Å²) in [5, 5.41) is 10.4. The van der Waals surface area contributed by atoms with Crippen LogP contribution in [0.3, 0.4) is 0 Å². The highest BCUT2D eigenvalue weighted by Gasteiger charge is 2.88. The van der Waals surface area contributed by atoms with E-state index in [0.29, 0.717) is 6.42 Å². The number of ether oxygens (including phenoxy) is 3. The minimum Gasteiger partial charge on any atom is -0.472 e. The van der Waals surface area contributed by atoms with E-state index in [1.165, 1.54) is 0 Å². The molecule has 0 aromatic carbocycles. The van der Waals surface area contributed by atoms with Crippen molar-refractivity contribution in [2.75, 3.05) is 0 Å². The van der Waals surface area contributed by atoms with E-state index in [-0.39, 0.29) is 29.0 Å². The fraction of sp³-hybridized carbons (Fsp3) is 0.714. The number of rotatable bonds is 3. The number of aliphatic hydroxyl groups is 1. The molecule has 1 N–H and O–H groups in total. The predicted molar refractivity (Wildman–Crippen MR) is 125 cm³/mol. The van der Waals surface area contributed by atoms with Gasteiger partial charge in [0.2, 0.25) is 0 Å². The van der Waals surface area contributed by atoms with Crippen molar-refractivity contribution in [2.24, 2.45) is 33.5 Å². The van der Waals surface area contributed by atoms with Crippen molar-refractivity contribution in [3.05, 3.63) is 36.3 Å². The second kappa shape index (κ2) is 6.87. The van der Waals surface area contributed by atoms with Crippen LogP contribution < -0.4 is 0 Å². The van der Waals surface area contributed by atoms with E-state index in [4.69, 9.17) is 18.6 Å². The smallest absolute Gasteiger partial charge is 0.339 e. The van der Waals surface area contributed by atoms with E-state index in [1.54, 1.807) is 25.5 Å². The Morgan fingerprint density at radius 1 is 1.11 bits per heavy atom. The van der Waals surface area contributed by atoms with Crippen molar-refractivity contribution in [2.45, 2.75) is 91.0 Å². The molecule has 10 atom stereocenters. The molecule has 0 amide bonds. The van der Waals surface area contributed by atoms with E-state index in [9.17, 15) is 14.7 Å². The van der Waals surface area contributed by atoms with E-state index >= 15 is 0 Å². The van der Waals surface area contributed by atoms with E-state index < -0.39 is 46.4 Å². The highest BCUT2D eigenvalue weighted by molar-refractivity contribution is 5.95. The summed E-state index contributed by atoms with van der Waals surface area (Å²) < 4.78 is 24.2. The highest BCUT2D eigenvalue weighted by Crippen LogP contribution is 2.79. The summed E-state index contributed by atoms with van der Waals surface area (Å²) in [6.07, 6.45) is 6.80. The number of ketones is 1. The van der Waals surface area contributed by atoms with Crippen molar-refractivity contribution in [3.8, 4) is 0 Å². The molecule has 7 nitrogen and oxygen atoms in total. The number of carbonyl (C=O) groups is 2. The van der Waals surface area contributed by atoms with Gasteiger partial charge in [-0.1, -0.05) is 40.7 Å². The monoisotopic (exact) mass is 484 g/mol. The van der Waals surface area contributed by atoms with Gasteiger partial charge in [-0.05, 0) is 55.6 Å². The number of furan rings is 1. The Hall–Kier alpha value is -1.96. The molecular weight excluding hydrogens is 448 g/mol. The Morgan fingerprint density at radius 3 is 2.51 bits per heavy atom. The zero-order valence-corrected chi connectivity index (χ0v) is 21.4. The minimum atomic E-state index is -0.984. The molecule has 0 bridgehead atoms. The molecule has 35 heavy (non-hydrogen) atoms. The molecule has 1 spiro atoms. The Kier molecular flexibility index (Phi) is 4.60. The van der Waals surface area contributed by atoms with Gasteiger partial charge in [0.1, 0.15) is 11.7 Å². The number of cyclic esters (lactones) is 1. The molecule has 2 aliphatic heterocycles. The fourth-order valence-corrected chi connectivity index (χ4v) is 9.26. The van der Waals surface area contributed by atoms with Crippen molar-refractivity contribution in [1.29, 1.82) is 0 Å². The quantitative estimate of drug-likeness (QED) is 0.387. The van der Waals surface area contributed by atoms with E-state index in [2.05, 4.69) is 26.8 Å². The van der Waals surface area contributed by atoms with Gasteiger partial charge in [0.25, 0.3) is 0 Å². The first-order chi connectivity index (χ1) is 16.3. The summed E-state index contributed by atoms with van der Waals surface area (Å²) in [5.41, 5.74) is -1.94. The average Bonchev–Trinajstić information content (AvgIpc) is 3.35. The van der Waals surface area contributed by atoms with Gasteiger partial charge in [-0.3, -0.25) is 4.79 Å². The molecule has 1 aromatic heterocycles. The maximum Gasteiger partial charge on any atom is 0.339 e. The third-order valence-electron chi connectivity index (χ3n) is 10.9. The van der Waals surface area contributed by atoms with Gasteiger partial charge in [-0.15, -0.1) is 0 Å². The minimum absolute atomic E-state index is 0.0347. The molecule has 3 heterocycles. The summed E-state index contributed by atoms with van der Waals surface area (Å²) in [6.45, 7) is 12.3. The highest BCUT2D eigenvalue weighted by atomic mass is 16.7. The van der Waals surface area contributed by atoms with Crippen LogP contribution >= 0.6 is 0 Å². The van der Waals surface area contributed by atoms with Crippen LogP contribution in [0.4, 0.5) is 0 Å². The second-order valence-corrected chi connectivity index (χ2v) is 12.7. The van der Waals surface area contributed by atoms with Crippen LogP contribution in [0.2, 0.25) is 0 Å². The number of hydrogen-bond donors (Lipinski definition) is 1. The molecule has 3 aliphatic carbocycles. The standard InChI is InChI=1S/C28H36O7/c1-15(29)33-20-13-18-24(2,3)19(30)8-10-25(18,4)17-7-11-26(5)21(16-9-12-32-14-16)34-23(31)22-28(26,35-22)27(17,20)6/h8-10,12,14-15,17-18,20-22,29H,7,11,13H2,1-6H3/t15?,17-,18+,20-,21+,22-,25-,26+,27+,28-/m1/s1. The number of carbonyl (C=O) groups excluding carboxylic acids is 2. The van der Waals surface area contributed by atoms with Gasteiger partial charge in [-0.2, -0.15) is 0 Å². The van der Waals surface area contributed by atoms with E-state index in [0.717, 1.165) is 18.4 Å². The Morgan fingerprint density at radius 2 is 1.86 bits per heavy atom. The fourth-order valence-electron chi connectivity index (χ4n) is 9.26. The maximum atomic E-state index is 13.3. The third kappa shape index (κ3) is 2.57. The lowest BCUT2D eigenvalue weighted by Gasteiger charge is -2.69. The van der Waals surface area contributed by atoms with E-state index in [1.807, 2.05) is 19.9 Å². The molecule has 1 aromatic rings. The molecular formula is C28H36O7. The van der Waals surface area contributed by atoms with Crippen LogP contribution in [0.15, 0.2) is 35.2 Å². The zero-order valence-electron chi connectivity index (χ0n) is 21.4. The lowest BCUT2D eigenvalue weighted by molar-refractivity contribution is -0.278. The van der Waals surface area contributed by atoms with Crippen LogP contribution in [0.5, 0.6) is 0 Å². The van der Waals surface area contributed by atoms with Gasteiger partial charge in [0.05, 0.1) is 18.6 Å². The summed E-state index contributed by atoms with van der Waals surface area (Å²) in [7, 11) is 0. The molecule has 2 saturated heterocycles. The van der Waals surface area contributed by atoms with Crippen molar-refractivity contribution >= 4 is 11.8 Å². The molecule has 190 valence electrons. The summed E-state index contributed by atoms with van der Waals surface area (Å²) in [5.74, 6) is -0.115. The van der Waals surface area contributed by atoms with Crippen molar-refractivity contribution < 1.29 is 33.3 Å². The first kappa shape index (κ1) is 23.4. The molecule has 0 radical (unpaired) electrons. The molecule has 7 heteroatoms. The van der Waals surface area contributed by atoms with Crippen molar-refractivity contribution in [1.82, 2.24) is 0 Å². The predicted octanol–water partition coefficient (Wildman–Crippen LogP) is 4.35. The maximum absolute atomic E-state index is 13.3. The van der Waals surface area contributed by atoms with Gasteiger partial charge in [0, 0.05) is 21.8 Å². The molecule has 2 saturated carbocycles. The largest absolute Gasteiger partial charge is 0.472 e. The molecule has 6 rings (SSSR count). The van der Waals surface area contributed by atoms with Gasteiger partial charge in [0.15, 0.2) is 18.2 Å². The van der Waals surface area contributed by atoms with Crippen LogP contribution in [0.1, 0.15) is 72.5 Å². The molecule has 1 unspecified atom stereocenters. The number of aliphatic hydroxyl groups excluding tert-OH is 1. The molecule has 4 fully saturated rings. The first-order valence-electron chi connectivity index (χ1n) is 12.8. The number of allylic oxidation sites excluding steroid dienone is 2. The second-order valence-electron chi connectivity index (χ2n) is 12.7. The summed E-state index contributed by atoms with van der Waals surface area (Å²) in [4.78, 5) is 26.2. The van der Waals surface area contributed by atoms with Gasteiger partial charge >= 0.3 is 5.97 Å². The topological polar surface area (TPSA) is 98.5 Å². The lowest BCUT2D eigenvalue weighted by atomic mass is 9.35. The zero-order chi connectivity index (χ0) is 25.2. The average molecular weight is 485 g/mol. The van der Waals surface area contributed by atoms with Gasteiger partial charge < -0.3 is 23.7 Å². The number of epoxide rings is 1. The van der Waals surface area contributed by atoms with Crippen LogP contribution in [-0.2, 0) is 23.8 Å². The van der Waals surface area contributed by atoms with Crippen LogP contribution in [-0.4, -0.2) is 41.0 Å². The number of hydrogen-bond acceptors (Lipinski definition) is 7. The van der Waals surface area contributed by atoms with Crippen LogP contribution in [0, 0.1) is 33.5 Å². The molecule has 5 aliphatic rings. The number of esters is 1. The number of fused-ring (bicyclic) bond motifs is 3. The SMILES string of the molecule is CC(O)O[C@@H]1C[C@H]2C(C)(C)C(=O)C=C[C@]2(C)[C@H]2CC[C@@]3(C)[C@H](c4ccoc4)OC(=O)[C@H]4O[C@]43[C@@]21C. The van der Waals surface area contributed by atoms with Crippen molar-refractivity contribution in [3.63, 3.8) is 0 Å². The first-order valence-corrected chi connectivity index (χ1v) is 12.8. The summed E-state index contributed by atoms with van der Waals surface area (Å²) in [6, 6.07) is 1.86. The Bertz CT molecular complexity index is 1100. The van der Waals surface area contributed by atoms with Gasteiger partial charge in [-0.25, -0.2) is 4.79 Å². The Labute approximate surface area is 206 Å². The normalized spacial score (nSPS) is 50.3. The summed E-state index contributed by atoms with van der Waals surface area (Å²) >= 11 is 0. The van der Waals surface area contributed by atoms with Crippen LogP contribution in [0.25, 0.3) is 0 Å². The Balaban J connectivity index is 1.55. The lowest BCUT2D eigenvalue weighted by Crippen LogP contribution is -2.72. The third-order valence-corrected chi connectivity index (χ3v) is 10.9.